The first kappa shape index (κ1) is 24.3. The fourth-order valence-corrected chi connectivity index (χ4v) is 4.86. The van der Waals surface area contributed by atoms with Crippen molar-refractivity contribution in [1.29, 1.82) is 0 Å². The van der Waals surface area contributed by atoms with Crippen LogP contribution < -0.4 is 4.74 Å². The van der Waals surface area contributed by atoms with Crippen molar-refractivity contribution in [2.45, 2.75) is 125 Å². The molecule has 1 aromatic rings. The molecule has 0 spiro atoms. The highest BCUT2D eigenvalue weighted by Crippen LogP contribution is 2.39. The van der Waals surface area contributed by atoms with E-state index in [4.69, 9.17) is 4.74 Å². The molecule has 0 fully saturated rings. The van der Waals surface area contributed by atoms with E-state index in [1.165, 1.54) is 80.2 Å². The van der Waals surface area contributed by atoms with E-state index in [9.17, 15) is 0 Å². The smallest absolute Gasteiger partial charge is 0.126 e. The summed E-state index contributed by atoms with van der Waals surface area (Å²) in [6.45, 7) is 16.3. The molecule has 3 atom stereocenters. The van der Waals surface area contributed by atoms with Crippen molar-refractivity contribution in [3.8, 4) is 5.75 Å². The van der Waals surface area contributed by atoms with Crippen LogP contribution in [0.4, 0.5) is 0 Å². The monoisotopic (exact) mass is 400 g/mol. The van der Waals surface area contributed by atoms with Crippen LogP contribution in [0, 0.1) is 31.6 Å². The highest BCUT2D eigenvalue weighted by Gasteiger charge is 2.32. The second kappa shape index (κ2) is 11.4. The highest BCUT2D eigenvalue weighted by molar-refractivity contribution is 5.46. The van der Waals surface area contributed by atoms with Crippen molar-refractivity contribution in [2.24, 2.45) is 17.8 Å². The Morgan fingerprint density at radius 2 is 1.45 bits per heavy atom. The average molecular weight is 401 g/mol. The summed E-state index contributed by atoms with van der Waals surface area (Å²) < 4.78 is 6.58. The van der Waals surface area contributed by atoms with Gasteiger partial charge in [-0.2, -0.15) is 0 Å². The maximum Gasteiger partial charge on any atom is 0.126 e. The number of benzene rings is 1. The van der Waals surface area contributed by atoms with Gasteiger partial charge in [-0.15, -0.1) is 0 Å². The maximum absolute atomic E-state index is 6.58. The number of fused-ring (bicyclic) bond motifs is 1. The highest BCUT2D eigenvalue weighted by atomic mass is 16.5. The molecule has 0 unspecified atom stereocenters. The Labute approximate surface area is 182 Å². The number of ether oxygens (including phenoxy) is 1. The van der Waals surface area contributed by atoms with E-state index in [0.717, 1.165) is 30.6 Å². The molecule has 1 aliphatic heterocycles. The number of hydrogen-bond donors (Lipinski definition) is 0. The van der Waals surface area contributed by atoms with Gasteiger partial charge in [-0.1, -0.05) is 84.8 Å². The fraction of sp³-hybridized carbons (Fsp3) is 0.786. The lowest BCUT2D eigenvalue weighted by Crippen LogP contribution is -2.36. The van der Waals surface area contributed by atoms with Gasteiger partial charge in [0.2, 0.25) is 0 Å². The Morgan fingerprint density at radius 1 is 0.862 bits per heavy atom. The van der Waals surface area contributed by atoms with Crippen molar-refractivity contribution >= 4 is 0 Å². The minimum atomic E-state index is 0.0240. The second-order valence-corrected chi connectivity index (χ2v) is 10.9. The van der Waals surface area contributed by atoms with E-state index in [1.807, 2.05) is 0 Å². The molecule has 0 saturated heterocycles. The third kappa shape index (κ3) is 7.99. The van der Waals surface area contributed by atoms with Crippen molar-refractivity contribution in [3.05, 3.63) is 28.8 Å². The Kier molecular flexibility index (Phi) is 9.57. The molecule has 0 radical (unpaired) electrons. The molecule has 0 aromatic heterocycles. The van der Waals surface area contributed by atoms with E-state index < -0.39 is 0 Å². The van der Waals surface area contributed by atoms with Gasteiger partial charge in [0.25, 0.3) is 0 Å². The van der Waals surface area contributed by atoms with Crippen LogP contribution in [0.1, 0.15) is 116 Å². The fourth-order valence-electron chi connectivity index (χ4n) is 4.86. The molecular formula is C28H48O. The summed E-state index contributed by atoms with van der Waals surface area (Å²) in [5, 5.41) is 0. The van der Waals surface area contributed by atoms with Crippen LogP contribution in [-0.4, -0.2) is 5.60 Å². The molecule has 1 heteroatoms. The zero-order valence-corrected chi connectivity index (χ0v) is 20.6. The zero-order valence-electron chi connectivity index (χ0n) is 20.6. The topological polar surface area (TPSA) is 9.23 Å². The lowest BCUT2D eigenvalue weighted by molar-refractivity contribution is 0.0515. The van der Waals surface area contributed by atoms with Gasteiger partial charge < -0.3 is 4.74 Å². The molecule has 166 valence electrons. The normalized spacial score (nSPS) is 21.0. The van der Waals surface area contributed by atoms with Crippen LogP contribution in [0.25, 0.3) is 0 Å². The summed E-state index contributed by atoms with van der Waals surface area (Å²) in [5.74, 6) is 3.79. The van der Waals surface area contributed by atoms with Crippen molar-refractivity contribution in [1.82, 2.24) is 0 Å². The third-order valence-electron chi connectivity index (χ3n) is 7.30. The Morgan fingerprint density at radius 3 is 2.07 bits per heavy atom. The summed E-state index contributed by atoms with van der Waals surface area (Å²) in [4.78, 5) is 0. The first-order chi connectivity index (χ1) is 13.7. The van der Waals surface area contributed by atoms with Crippen molar-refractivity contribution < 1.29 is 4.74 Å². The summed E-state index contributed by atoms with van der Waals surface area (Å²) in [7, 11) is 0. The molecule has 1 heterocycles. The molecule has 2 rings (SSSR count). The second-order valence-electron chi connectivity index (χ2n) is 10.9. The van der Waals surface area contributed by atoms with Gasteiger partial charge in [0.15, 0.2) is 0 Å². The van der Waals surface area contributed by atoms with E-state index in [1.54, 1.807) is 0 Å². The Balaban J connectivity index is 1.65. The molecule has 0 amide bonds. The van der Waals surface area contributed by atoms with E-state index in [-0.39, 0.29) is 5.60 Å². The van der Waals surface area contributed by atoms with Crippen LogP contribution >= 0.6 is 0 Å². The van der Waals surface area contributed by atoms with E-state index in [0.29, 0.717) is 0 Å². The predicted octanol–water partition coefficient (Wildman–Crippen LogP) is 8.83. The molecule has 1 nitrogen and oxygen atoms in total. The van der Waals surface area contributed by atoms with Gasteiger partial charge >= 0.3 is 0 Å². The summed E-state index contributed by atoms with van der Waals surface area (Å²) in [6, 6.07) is 4.51. The minimum Gasteiger partial charge on any atom is -0.487 e. The van der Waals surface area contributed by atoms with Gasteiger partial charge in [0.05, 0.1) is 0 Å². The third-order valence-corrected chi connectivity index (χ3v) is 7.30. The quantitative estimate of drug-likeness (QED) is 0.340. The standard InChI is InChI=1S/C28H48O/c1-21(2)11-8-12-22(3)13-9-14-23(4)15-10-19-28(7)20-18-26-17-16-24(5)25(6)27(26)29-28/h16-17,21-23H,8-15,18-20H2,1-7H3/t22-,23-,28-/m1/s1. The molecule has 0 N–H and O–H groups in total. The van der Waals surface area contributed by atoms with Crippen LogP contribution in [0.5, 0.6) is 5.75 Å². The lowest BCUT2D eigenvalue weighted by atomic mass is 9.85. The largest absolute Gasteiger partial charge is 0.487 e. The van der Waals surface area contributed by atoms with Crippen molar-refractivity contribution in [3.63, 3.8) is 0 Å². The van der Waals surface area contributed by atoms with Gasteiger partial charge in [0.1, 0.15) is 11.4 Å². The van der Waals surface area contributed by atoms with Gasteiger partial charge in [-0.3, -0.25) is 0 Å². The van der Waals surface area contributed by atoms with Crippen molar-refractivity contribution in [2.75, 3.05) is 0 Å². The number of aryl methyl sites for hydroxylation is 2. The molecule has 1 aliphatic rings. The van der Waals surface area contributed by atoms with Crippen LogP contribution in [0.2, 0.25) is 0 Å². The van der Waals surface area contributed by atoms with Crippen LogP contribution in [-0.2, 0) is 6.42 Å². The SMILES string of the molecule is Cc1ccc2c(c1C)O[C@](C)(CCC[C@H](C)CCC[C@H](C)CCCC(C)C)CC2. The molecule has 1 aromatic carbocycles. The predicted molar refractivity (Wildman–Crippen MR) is 128 cm³/mol. The Bertz CT molecular complexity index is 617. The lowest BCUT2D eigenvalue weighted by Gasteiger charge is -2.37. The van der Waals surface area contributed by atoms with Gasteiger partial charge in [-0.25, -0.2) is 0 Å². The van der Waals surface area contributed by atoms with Crippen LogP contribution in [0.3, 0.4) is 0 Å². The molecule has 0 bridgehead atoms. The average Bonchev–Trinajstić information content (AvgIpc) is 2.65. The maximum atomic E-state index is 6.58. The van der Waals surface area contributed by atoms with Gasteiger partial charge in [-0.05, 0) is 80.9 Å². The first-order valence-corrected chi connectivity index (χ1v) is 12.5. The molecule has 0 aliphatic carbocycles. The number of hydrogen-bond acceptors (Lipinski definition) is 1. The molecule has 29 heavy (non-hydrogen) atoms. The number of rotatable bonds is 12. The minimum absolute atomic E-state index is 0.0240. The summed E-state index contributed by atoms with van der Waals surface area (Å²) in [5.41, 5.74) is 4.11. The molecular weight excluding hydrogens is 352 g/mol. The zero-order chi connectivity index (χ0) is 21.4. The van der Waals surface area contributed by atoms with E-state index >= 15 is 0 Å². The van der Waals surface area contributed by atoms with E-state index in [2.05, 4.69) is 60.6 Å². The summed E-state index contributed by atoms with van der Waals surface area (Å²) in [6.07, 6.45) is 14.6. The first-order valence-electron chi connectivity index (χ1n) is 12.5. The Hall–Kier alpha value is -0.980. The van der Waals surface area contributed by atoms with Gasteiger partial charge in [0, 0.05) is 0 Å². The summed E-state index contributed by atoms with van der Waals surface area (Å²) >= 11 is 0. The van der Waals surface area contributed by atoms with Crippen LogP contribution in [0.15, 0.2) is 12.1 Å². The molecule has 0 saturated carbocycles.